The Morgan fingerprint density at radius 1 is 1.56 bits per heavy atom. The zero-order valence-electron chi connectivity index (χ0n) is 9.19. The summed E-state index contributed by atoms with van der Waals surface area (Å²) in [7, 11) is -2.92. The standard InChI is InChI=1S/C8H15N3O2S3/c1-3-16(12,13)5-4-10-8-6(14-2)7(9)11-15-8/h10H,3-5H2,1-2H3,(H2,9,11). The highest BCUT2D eigenvalue weighted by Gasteiger charge is 2.11. The molecule has 0 fully saturated rings. The average Bonchev–Trinajstić information content (AvgIpc) is 2.59. The number of nitrogens with one attached hydrogen (secondary N) is 1. The van der Waals surface area contributed by atoms with Crippen LogP contribution >= 0.6 is 23.3 Å². The van der Waals surface area contributed by atoms with Gasteiger partial charge in [0.05, 0.1) is 10.6 Å². The molecule has 0 aliphatic heterocycles. The fourth-order valence-corrected chi connectivity index (χ4v) is 3.34. The van der Waals surface area contributed by atoms with Gasteiger partial charge in [-0.1, -0.05) is 6.92 Å². The van der Waals surface area contributed by atoms with Crippen molar-refractivity contribution >= 4 is 44.0 Å². The van der Waals surface area contributed by atoms with Crippen molar-refractivity contribution in [3.8, 4) is 0 Å². The van der Waals surface area contributed by atoms with Crippen molar-refractivity contribution in [2.45, 2.75) is 11.8 Å². The highest BCUT2D eigenvalue weighted by atomic mass is 32.2. The lowest BCUT2D eigenvalue weighted by molar-refractivity contribution is 0.597. The number of rotatable bonds is 6. The molecule has 8 heteroatoms. The van der Waals surface area contributed by atoms with Gasteiger partial charge in [-0.15, -0.1) is 11.8 Å². The van der Waals surface area contributed by atoms with E-state index in [1.54, 1.807) is 6.92 Å². The molecular weight excluding hydrogens is 266 g/mol. The van der Waals surface area contributed by atoms with Crippen LogP contribution in [0.1, 0.15) is 6.92 Å². The fraction of sp³-hybridized carbons (Fsp3) is 0.625. The number of hydrogen-bond donors (Lipinski definition) is 2. The van der Waals surface area contributed by atoms with Crippen molar-refractivity contribution in [1.29, 1.82) is 0 Å². The number of nitrogens with zero attached hydrogens (tertiary/aromatic N) is 1. The van der Waals surface area contributed by atoms with E-state index in [-0.39, 0.29) is 11.5 Å². The smallest absolute Gasteiger partial charge is 0.153 e. The SMILES string of the molecule is CCS(=O)(=O)CCNc1snc(N)c1SC. The number of aromatic nitrogens is 1. The summed E-state index contributed by atoms with van der Waals surface area (Å²) in [6.07, 6.45) is 1.91. The third-order valence-electron chi connectivity index (χ3n) is 2.02. The van der Waals surface area contributed by atoms with Crippen LogP contribution in [0.3, 0.4) is 0 Å². The molecule has 1 heterocycles. The van der Waals surface area contributed by atoms with E-state index in [9.17, 15) is 8.42 Å². The highest BCUT2D eigenvalue weighted by Crippen LogP contribution is 2.34. The number of hydrogen-bond acceptors (Lipinski definition) is 7. The second-order valence-corrected chi connectivity index (χ2v) is 7.16. The Bertz CT molecular complexity index is 441. The molecule has 1 rings (SSSR count). The lowest BCUT2D eigenvalue weighted by Crippen LogP contribution is -2.16. The van der Waals surface area contributed by atoms with E-state index in [0.717, 1.165) is 9.90 Å². The molecule has 0 unspecified atom stereocenters. The quantitative estimate of drug-likeness (QED) is 0.764. The van der Waals surface area contributed by atoms with Gasteiger partial charge in [0.2, 0.25) is 0 Å². The van der Waals surface area contributed by atoms with Crippen LogP contribution in [0.5, 0.6) is 0 Å². The Morgan fingerprint density at radius 3 is 2.81 bits per heavy atom. The Kier molecular flexibility index (Phi) is 4.88. The summed E-state index contributed by atoms with van der Waals surface area (Å²) in [5, 5.41) is 3.90. The third kappa shape index (κ3) is 3.53. The largest absolute Gasteiger partial charge is 0.382 e. The first-order valence-electron chi connectivity index (χ1n) is 4.73. The van der Waals surface area contributed by atoms with Gasteiger partial charge in [-0.25, -0.2) is 8.42 Å². The maximum Gasteiger partial charge on any atom is 0.153 e. The zero-order valence-corrected chi connectivity index (χ0v) is 11.6. The zero-order chi connectivity index (χ0) is 12.2. The van der Waals surface area contributed by atoms with Gasteiger partial charge in [0.25, 0.3) is 0 Å². The Morgan fingerprint density at radius 2 is 2.25 bits per heavy atom. The number of nitrogens with two attached hydrogens (primary N) is 1. The van der Waals surface area contributed by atoms with Crippen molar-refractivity contribution in [2.75, 3.05) is 35.4 Å². The van der Waals surface area contributed by atoms with Crippen LogP contribution in [-0.2, 0) is 9.84 Å². The molecule has 0 atom stereocenters. The monoisotopic (exact) mass is 281 g/mol. The van der Waals surface area contributed by atoms with Crippen LogP contribution in [0.4, 0.5) is 10.8 Å². The van der Waals surface area contributed by atoms with E-state index in [0.29, 0.717) is 12.4 Å². The third-order valence-corrected chi connectivity index (χ3v) is 5.49. The molecular formula is C8H15N3O2S3. The first-order chi connectivity index (χ1) is 7.50. The van der Waals surface area contributed by atoms with Gasteiger partial charge >= 0.3 is 0 Å². The molecule has 3 N–H and O–H groups in total. The van der Waals surface area contributed by atoms with Crippen molar-refractivity contribution in [3.63, 3.8) is 0 Å². The lowest BCUT2D eigenvalue weighted by atomic mass is 10.6. The highest BCUT2D eigenvalue weighted by molar-refractivity contribution is 7.99. The summed E-state index contributed by atoms with van der Waals surface area (Å²) >= 11 is 2.76. The molecule has 0 saturated heterocycles. The molecule has 92 valence electrons. The van der Waals surface area contributed by atoms with Crippen LogP contribution in [0.15, 0.2) is 4.90 Å². The van der Waals surface area contributed by atoms with Crippen LogP contribution in [0, 0.1) is 0 Å². The van der Waals surface area contributed by atoms with Crippen molar-refractivity contribution in [3.05, 3.63) is 0 Å². The van der Waals surface area contributed by atoms with E-state index in [4.69, 9.17) is 5.73 Å². The van der Waals surface area contributed by atoms with E-state index in [2.05, 4.69) is 9.69 Å². The molecule has 0 aliphatic carbocycles. The average molecular weight is 281 g/mol. The lowest BCUT2D eigenvalue weighted by Gasteiger charge is -2.05. The summed E-state index contributed by atoms with van der Waals surface area (Å²) in [6, 6.07) is 0. The van der Waals surface area contributed by atoms with E-state index >= 15 is 0 Å². The van der Waals surface area contributed by atoms with Crippen LogP contribution < -0.4 is 11.1 Å². The second-order valence-electron chi connectivity index (χ2n) is 3.09. The topological polar surface area (TPSA) is 85.1 Å². The van der Waals surface area contributed by atoms with E-state index in [1.807, 2.05) is 6.26 Å². The molecule has 5 nitrogen and oxygen atoms in total. The Hall–Kier alpha value is -0.470. The Labute approximate surface area is 104 Å². The van der Waals surface area contributed by atoms with Crippen molar-refractivity contribution in [2.24, 2.45) is 0 Å². The summed E-state index contributed by atoms with van der Waals surface area (Å²) in [4.78, 5) is 0.888. The molecule has 0 aliphatic rings. The van der Waals surface area contributed by atoms with Crippen molar-refractivity contribution < 1.29 is 8.42 Å². The van der Waals surface area contributed by atoms with Gasteiger partial charge in [-0.3, -0.25) is 0 Å². The molecule has 0 bridgehead atoms. The molecule has 0 spiro atoms. The van der Waals surface area contributed by atoms with Gasteiger partial charge in [0.1, 0.15) is 5.00 Å². The number of sulfone groups is 1. The minimum absolute atomic E-state index is 0.134. The van der Waals surface area contributed by atoms with Crippen molar-refractivity contribution in [1.82, 2.24) is 4.37 Å². The summed E-state index contributed by atoms with van der Waals surface area (Å²) < 4.78 is 26.5. The molecule has 0 radical (unpaired) electrons. The van der Waals surface area contributed by atoms with Crippen LogP contribution in [0.25, 0.3) is 0 Å². The molecule has 0 amide bonds. The minimum atomic E-state index is -2.92. The van der Waals surface area contributed by atoms with Crippen LogP contribution in [-0.4, -0.2) is 37.1 Å². The molecule has 16 heavy (non-hydrogen) atoms. The molecule has 0 aromatic carbocycles. The summed E-state index contributed by atoms with van der Waals surface area (Å²) in [5.74, 6) is 0.808. The van der Waals surface area contributed by atoms with Gasteiger partial charge < -0.3 is 11.1 Å². The van der Waals surface area contributed by atoms with Gasteiger partial charge in [0.15, 0.2) is 15.7 Å². The predicted octanol–water partition coefficient (Wildman–Crippen LogP) is 1.29. The first kappa shape index (κ1) is 13.6. The summed E-state index contributed by atoms with van der Waals surface area (Å²) in [5.41, 5.74) is 5.66. The van der Waals surface area contributed by atoms with Crippen LogP contribution in [0.2, 0.25) is 0 Å². The fourth-order valence-electron chi connectivity index (χ4n) is 1.07. The minimum Gasteiger partial charge on any atom is -0.382 e. The maximum atomic E-state index is 11.3. The maximum absolute atomic E-state index is 11.3. The van der Waals surface area contributed by atoms with Gasteiger partial charge in [-0.05, 0) is 17.8 Å². The number of nitrogen functional groups attached to an aromatic ring is 1. The van der Waals surface area contributed by atoms with E-state index < -0.39 is 9.84 Å². The number of anilines is 2. The second kappa shape index (κ2) is 5.74. The molecule has 0 saturated carbocycles. The van der Waals surface area contributed by atoms with Gasteiger partial charge in [-0.2, -0.15) is 4.37 Å². The van der Waals surface area contributed by atoms with Gasteiger partial charge in [0, 0.05) is 12.3 Å². The Balaban J connectivity index is 2.55. The normalized spacial score (nSPS) is 11.6. The molecule has 1 aromatic heterocycles. The number of thioether (sulfide) groups is 1. The first-order valence-corrected chi connectivity index (χ1v) is 8.55. The molecule has 1 aromatic rings. The predicted molar refractivity (Wildman–Crippen MR) is 71.1 cm³/mol. The van der Waals surface area contributed by atoms with E-state index in [1.165, 1.54) is 23.3 Å². The summed E-state index contributed by atoms with van der Waals surface area (Å²) in [6.45, 7) is 2.04.